The molecule has 0 spiro atoms. The van der Waals surface area contributed by atoms with E-state index in [1.807, 2.05) is 0 Å². The maximum atomic E-state index is 12.2. The van der Waals surface area contributed by atoms with Crippen LogP contribution in [-0.2, 0) is 0 Å². The number of aromatic nitrogens is 4. The Morgan fingerprint density at radius 3 is 2.68 bits per heavy atom. The van der Waals surface area contributed by atoms with E-state index in [1.54, 1.807) is 11.8 Å². The monoisotopic (exact) mass is 281 g/mol. The molecule has 7 nitrogen and oxygen atoms in total. The smallest absolute Gasteiger partial charge is 0.293 e. The molecule has 1 saturated heterocycles. The second-order valence-corrected chi connectivity index (χ2v) is 4.90. The highest BCUT2D eigenvalue weighted by molar-refractivity contribution is 6.31. The Labute approximate surface area is 113 Å². The largest absolute Gasteiger partial charge is 0.336 e. The van der Waals surface area contributed by atoms with Crippen LogP contribution in [0.15, 0.2) is 4.79 Å². The van der Waals surface area contributed by atoms with Gasteiger partial charge in [-0.2, -0.15) is 9.50 Å². The lowest BCUT2D eigenvalue weighted by Gasteiger charge is -2.12. The molecule has 3 heterocycles. The molecule has 0 aliphatic carbocycles. The van der Waals surface area contributed by atoms with Crippen LogP contribution in [0.3, 0.4) is 0 Å². The first-order valence-corrected chi connectivity index (χ1v) is 6.40. The number of fused-ring (bicyclic) bond motifs is 1. The van der Waals surface area contributed by atoms with Crippen molar-refractivity contribution in [2.75, 3.05) is 13.1 Å². The summed E-state index contributed by atoms with van der Waals surface area (Å²) in [6, 6.07) is 0. The fraction of sp³-hybridized carbons (Fsp3) is 0.455. The topological polar surface area (TPSA) is 83.4 Å². The predicted octanol–water partition coefficient (Wildman–Crippen LogP) is 0.615. The van der Waals surface area contributed by atoms with Crippen molar-refractivity contribution in [1.29, 1.82) is 0 Å². The van der Waals surface area contributed by atoms with Gasteiger partial charge in [-0.05, 0) is 19.8 Å². The zero-order valence-electron chi connectivity index (χ0n) is 10.3. The van der Waals surface area contributed by atoms with Gasteiger partial charge in [-0.25, -0.2) is 4.98 Å². The van der Waals surface area contributed by atoms with Crippen molar-refractivity contribution < 1.29 is 4.79 Å². The Bertz CT molecular complexity index is 714. The quantitative estimate of drug-likeness (QED) is 0.830. The molecule has 1 aliphatic heterocycles. The Balaban J connectivity index is 2.09. The summed E-state index contributed by atoms with van der Waals surface area (Å²) in [5.41, 5.74) is -0.0459. The number of rotatable bonds is 1. The molecule has 1 fully saturated rings. The molecule has 1 N–H and O–H groups in total. The van der Waals surface area contributed by atoms with Crippen LogP contribution in [0.2, 0.25) is 5.02 Å². The molecule has 1 aliphatic rings. The minimum Gasteiger partial charge on any atom is -0.336 e. The van der Waals surface area contributed by atoms with Crippen LogP contribution in [0.25, 0.3) is 5.78 Å². The Hall–Kier alpha value is -1.89. The normalized spacial score (nSPS) is 15.4. The van der Waals surface area contributed by atoms with Gasteiger partial charge in [0.15, 0.2) is 0 Å². The molecule has 19 heavy (non-hydrogen) atoms. The van der Waals surface area contributed by atoms with E-state index in [4.69, 9.17) is 11.6 Å². The Morgan fingerprint density at radius 2 is 2.00 bits per heavy atom. The summed E-state index contributed by atoms with van der Waals surface area (Å²) in [4.78, 5) is 33.9. The summed E-state index contributed by atoms with van der Waals surface area (Å²) in [6.07, 6.45) is 1.99. The number of nitrogens with zero attached hydrogens (tertiary/aromatic N) is 4. The molecule has 1 amide bonds. The van der Waals surface area contributed by atoms with Gasteiger partial charge in [0.1, 0.15) is 5.02 Å². The van der Waals surface area contributed by atoms with Gasteiger partial charge in [0.2, 0.25) is 5.82 Å². The van der Waals surface area contributed by atoms with Crippen LogP contribution >= 0.6 is 11.6 Å². The van der Waals surface area contributed by atoms with E-state index in [1.165, 1.54) is 0 Å². The van der Waals surface area contributed by atoms with Crippen LogP contribution in [-0.4, -0.2) is 43.5 Å². The van der Waals surface area contributed by atoms with Crippen LogP contribution in [0.4, 0.5) is 0 Å². The van der Waals surface area contributed by atoms with Gasteiger partial charge in [0, 0.05) is 13.1 Å². The molecule has 0 saturated carbocycles. The van der Waals surface area contributed by atoms with Crippen molar-refractivity contribution >= 4 is 23.3 Å². The van der Waals surface area contributed by atoms with E-state index < -0.39 is 5.56 Å². The Morgan fingerprint density at radius 1 is 1.32 bits per heavy atom. The highest BCUT2D eigenvalue weighted by Crippen LogP contribution is 2.12. The van der Waals surface area contributed by atoms with Crippen LogP contribution in [0, 0.1) is 6.92 Å². The molecule has 0 radical (unpaired) electrons. The summed E-state index contributed by atoms with van der Waals surface area (Å²) < 4.78 is 1.10. The summed E-state index contributed by atoms with van der Waals surface area (Å²) in [5.74, 6) is 0.0683. The maximum Gasteiger partial charge on any atom is 0.293 e. The van der Waals surface area contributed by atoms with Crippen molar-refractivity contribution in [3.05, 3.63) is 26.9 Å². The fourth-order valence-corrected chi connectivity index (χ4v) is 2.29. The first-order chi connectivity index (χ1) is 9.08. The third kappa shape index (κ3) is 1.90. The number of likely N-dealkylation sites (tertiary alicyclic amines) is 1. The standard InChI is InChI=1S/C11H12ClN5O2/c1-6-7(12)9(18)17-11(13-6)14-8(15-17)10(19)16-4-2-3-5-16/h2-5H2,1H3,(H,13,14,15). The van der Waals surface area contributed by atoms with E-state index in [0.29, 0.717) is 5.69 Å². The minimum absolute atomic E-state index is 0.0290. The van der Waals surface area contributed by atoms with Crippen molar-refractivity contribution in [2.45, 2.75) is 19.8 Å². The minimum atomic E-state index is -0.447. The van der Waals surface area contributed by atoms with E-state index in [0.717, 1.165) is 30.4 Å². The molecule has 0 aromatic carbocycles. The lowest BCUT2D eigenvalue weighted by molar-refractivity contribution is 0.0781. The van der Waals surface area contributed by atoms with E-state index in [9.17, 15) is 9.59 Å². The van der Waals surface area contributed by atoms with Gasteiger partial charge in [0.05, 0.1) is 5.69 Å². The number of amides is 1. The second kappa shape index (κ2) is 4.34. The van der Waals surface area contributed by atoms with Crippen molar-refractivity contribution in [3.63, 3.8) is 0 Å². The number of nitrogens with one attached hydrogen (secondary N) is 1. The molecule has 0 unspecified atom stereocenters. The zero-order valence-corrected chi connectivity index (χ0v) is 11.1. The summed E-state index contributed by atoms with van der Waals surface area (Å²) >= 11 is 5.83. The third-order valence-electron chi connectivity index (χ3n) is 3.20. The van der Waals surface area contributed by atoms with Gasteiger partial charge in [-0.1, -0.05) is 11.6 Å². The number of halogens is 1. The second-order valence-electron chi connectivity index (χ2n) is 4.52. The van der Waals surface area contributed by atoms with Gasteiger partial charge in [0.25, 0.3) is 17.2 Å². The molecule has 3 rings (SSSR count). The van der Waals surface area contributed by atoms with E-state index >= 15 is 0 Å². The third-order valence-corrected chi connectivity index (χ3v) is 3.64. The Kier molecular flexibility index (Phi) is 2.78. The average Bonchev–Trinajstić information content (AvgIpc) is 3.04. The SMILES string of the molecule is Cc1nc2nc(C(=O)N3CCCC3)[nH]n2c(=O)c1Cl. The number of aryl methyl sites for hydroxylation is 1. The molecule has 2 aromatic rings. The molecule has 0 bridgehead atoms. The van der Waals surface area contributed by atoms with Crippen molar-refractivity contribution in [3.8, 4) is 0 Å². The van der Waals surface area contributed by atoms with Crippen LogP contribution in [0.5, 0.6) is 0 Å². The zero-order chi connectivity index (χ0) is 13.6. The van der Waals surface area contributed by atoms with Crippen LogP contribution < -0.4 is 5.56 Å². The molecule has 0 atom stereocenters. The number of hydrogen-bond acceptors (Lipinski definition) is 4. The van der Waals surface area contributed by atoms with Gasteiger partial charge in [-0.3, -0.25) is 14.7 Å². The highest BCUT2D eigenvalue weighted by atomic mass is 35.5. The van der Waals surface area contributed by atoms with E-state index in [2.05, 4.69) is 15.1 Å². The van der Waals surface area contributed by atoms with Gasteiger partial charge < -0.3 is 4.90 Å². The first-order valence-electron chi connectivity index (χ1n) is 6.02. The van der Waals surface area contributed by atoms with Crippen molar-refractivity contribution in [2.24, 2.45) is 0 Å². The van der Waals surface area contributed by atoms with Crippen molar-refractivity contribution in [1.82, 2.24) is 24.5 Å². The number of aromatic amines is 1. The lowest BCUT2D eigenvalue weighted by atomic mass is 10.4. The predicted molar refractivity (Wildman–Crippen MR) is 68.5 cm³/mol. The number of hydrogen-bond donors (Lipinski definition) is 1. The molecule has 2 aromatic heterocycles. The maximum absolute atomic E-state index is 12.2. The summed E-state index contributed by atoms with van der Waals surface area (Å²) in [5, 5.41) is 2.69. The lowest BCUT2D eigenvalue weighted by Crippen LogP contribution is -2.28. The van der Waals surface area contributed by atoms with E-state index in [-0.39, 0.29) is 22.5 Å². The highest BCUT2D eigenvalue weighted by Gasteiger charge is 2.23. The summed E-state index contributed by atoms with van der Waals surface area (Å²) in [7, 11) is 0. The molecule has 100 valence electrons. The average molecular weight is 282 g/mol. The number of H-pyrrole nitrogens is 1. The number of carbonyl (C=O) groups is 1. The van der Waals surface area contributed by atoms with Crippen LogP contribution in [0.1, 0.15) is 29.2 Å². The number of carbonyl (C=O) groups excluding carboxylic acids is 1. The van der Waals surface area contributed by atoms with Gasteiger partial charge >= 0.3 is 0 Å². The van der Waals surface area contributed by atoms with Gasteiger partial charge in [-0.15, -0.1) is 0 Å². The first kappa shape index (κ1) is 12.2. The molecular weight excluding hydrogens is 270 g/mol. The fourth-order valence-electron chi connectivity index (χ4n) is 2.17. The molecule has 8 heteroatoms. The summed E-state index contributed by atoms with van der Waals surface area (Å²) in [6.45, 7) is 3.07. The molecular formula is C11H12ClN5O2.